The van der Waals surface area contributed by atoms with Crippen LogP contribution in [-0.2, 0) is 19.2 Å². The second kappa shape index (κ2) is 11.9. The van der Waals surface area contributed by atoms with Gasteiger partial charge in [-0.2, -0.15) is 0 Å². The number of anilines is 1. The molecule has 11 nitrogen and oxygen atoms in total. The Morgan fingerprint density at radius 2 is 1.71 bits per heavy atom. The van der Waals surface area contributed by atoms with Crippen molar-refractivity contribution in [3.63, 3.8) is 0 Å². The SMILES string of the molecule is CC(=O)NCC(=O)N1CC(=O)C2C1CCN2C(=O)C(CC(C)C)NC(=O)c1ccc(N2CCNCC2)cc1. The second-order valence-electron chi connectivity index (χ2n) is 10.7. The van der Waals surface area contributed by atoms with Crippen LogP contribution in [0.1, 0.15) is 44.0 Å². The minimum absolute atomic E-state index is 0.0852. The van der Waals surface area contributed by atoms with Crippen molar-refractivity contribution in [1.82, 2.24) is 25.8 Å². The molecule has 4 rings (SSSR count). The lowest BCUT2D eigenvalue weighted by Gasteiger charge is -2.30. The molecule has 3 aliphatic rings. The van der Waals surface area contributed by atoms with Gasteiger partial charge in [-0.1, -0.05) is 13.8 Å². The molecule has 3 N–H and O–H groups in total. The van der Waals surface area contributed by atoms with E-state index in [4.69, 9.17) is 0 Å². The molecule has 3 aliphatic heterocycles. The molecule has 4 amide bonds. The first-order chi connectivity index (χ1) is 18.2. The molecule has 0 spiro atoms. The summed E-state index contributed by atoms with van der Waals surface area (Å²) < 4.78 is 0. The number of piperazine rings is 1. The highest BCUT2D eigenvalue weighted by Gasteiger charge is 2.52. The minimum Gasteiger partial charge on any atom is -0.369 e. The highest BCUT2D eigenvalue weighted by atomic mass is 16.2. The van der Waals surface area contributed by atoms with E-state index in [1.807, 2.05) is 26.0 Å². The predicted octanol–water partition coefficient (Wildman–Crippen LogP) is -0.242. The van der Waals surface area contributed by atoms with Crippen LogP contribution in [0.3, 0.4) is 0 Å². The topological polar surface area (TPSA) is 131 Å². The maximum absolute atomic E-state index is 13.7. The van der Waals surface area contributed by atoms with Crippen molar-refractivity contribution in [2.45, 2.75) is 51.7 Å². The molecule has 0 saturated carbocycles. The number of rotatable bonds is 8. The Morgan fingerprint density at radius 3 is 2.34 bits per heavy atom. The Morgan fingerprint density at radius 1 is 1.03 bits per heavy atom. The Bertz CT molecular complexity index is 1070. The van der Waals surface area contributed by atoms with Crippen molar-refractivity contribution < 1.29 is 24.0 Å². The Kier molecular flexibility index (Phi) is 8.65. The largest absolute Gasteiger partial charge is 0.369 e. The van der Waals surface area contributed by atoms with E-state index in [-0.39, 0.29) is 48.4 Å². The number of Topliss-reactive ketones (excluding diaryl/α,β-unsaturated/α-hetero) is 1. The van der Waals surface area contributed by atoms with Crippen molar-refractivity contribution in [3.8, 4) is 0 Å². The van der Waals surface area contributed by atoms with Gasteiger partial charge >= 0.3 is 0 Å². The fourth-order valence-corrected chi connectivity index (χ4v) is 5.57. The molecule has 206 valence electrons. The monoisotopic (exact) mass is 526 g/mol. The number of carbonyl (C=O) groups excluding carboxylic acids is 5. The van der Waals surface area contributed by atoms with E-state index in [1.54, 1.807) is 12.1 Å². The van der Waals surface area contributed by atoms with Crippen LogP contribution in [0.15, 0.2) is 24.3 Å². The van der Waals surface area contributed by atoms with Crippen LogP contribution in [0.4, 0.5) is 5.69 Å². The van der Waals surface area contributed by atoms with Crippen molar-refractivity contribution in [2.24, 2.45) is 5.92 Å². The lowest BCUT2D eigenvalue weighted by atomic mass is 10.0. The number of hydrogen-bond acceptors (Lipinski definition) is 7. The number of likely N-dealkylation sites (tertiary alicyclic amines) is 2. The van der Waals surface area contributed by atoms with E-state index in [0.717, 1.165) is 31.9 Å². The van der Waals surface area contributed by atoms with Gasteiger partial charge in [-0.3, -0.25) is 24.0 Å². The normalized spacial score (nSPS) is 21.9. The molecule has 3 fully saturated rings. The quantitative estimate of drug-likeness (QED) is 0.426. The first-order valence-electron chi connectivity index (χ1n) is 13.4. The van der Waals surface area contributed by atoms with Crippen LogP contribution >= 0.6 is 0 Å². The third-order valence-corrected chi connectivity index (χ3v) is 7.44. The number of ketones is 1. The summed E-state index contributed by atoms with van der Waals surface area (Å²) in [5, 5.41) is 8.71. The van der Waals surface area contributed by atoms with Gasteiger partial charge in [0, 0.05) is 50.9 Å². The van der Waals surface area contributed by atoms with Gasteiger partial charge in [0.05, 0.1) is 19.1 Å². The predicted molar refractivity (Wildman–Crippen MR) is 142 cm³/mol. The molecule has 3 heterocycles. The smallest absolute Gasteiger partial charge is 0.251 e. The van der Waals surface area contributed by atoms with Crippen LogP contribution in [0.2, 0.25) is 0 Å². The van der Waals surface area contributed by atoms with Crippen molar-refractivity contribution >= 4 is 35.1 Å². The second-order valence-corrected chi connectivity index (χ2v) is 10.7. The average Bonchev–Trinajstić information content (AvgIpc) is 3.48. The molecule has 11 heteroatoms. The molecule has 0 aliphatic carbocycles. The maximum Gasteiger partial charge on any atom is 0.251 e. The van der Waals surface area contributed by atoms with Gasteiger partial charge in [-0.25, -0.2) is 0 Å². The molecular formula is C27H38N6O5. The van der Waals surface area contributed by atoms with E-state index in [2.05, 4.69) is 20.9 Å². The molecule has 1 aromatic carbocycles. The van der Waals surface area contributed by atoms with Gasteiger partial charge in [-0.05, 0) is 43.0 Å². The van der Waals surface area contributed by atoms with Crippen LogP contribution in [0.5, 0.6) is 0 Å². The molecule has 3 saturated heterocycles. The van der Waals surface area contributed by atoms with Crippen LogP contribution < -0.4 is 20.9 Å². The summed E-state index contributed by atoms with van der Waals surface area (Å²) in [5.74, 6) is -1.37. The third kappa shape index (κ3) is 6.15. The molecule has 1 aromatic rings. The lowest BCUT2D eigenvalue weighted by molar-refractivity contribution is -0.138. The maximum atomic E-state index is 13.7. The summed E-state index contributed by atoms with van der Waals surface area (Å²) in [6.45, 7) is 8.99. The summed E-state index contributed by atoms with van der Waals surface area (Å²) in [7, 11) is 0. The third-order valence-electron chi connectivity index (χ3n) is 7.44. The molecule has 0 bridgehead atoms. The first kappa shape index (κ1) is 27.6. The van der Waals surface area contributed by atoms with Gasteiger partial charge in [0.15, 0.2) is 5.78 Å². The zero-order valence-electron chi connectivity index (χ0n) is 22.4. The summed E-state index contributed by atoms with van der Waals surface area (Å²) in [4.78, 5) is 68.8. The van der Waals surface area contributed by atoms with Gasteiger partial charge in [0.1, 0.15) is 12.1 Å². The first-order valence-corrected chi connectivity index (χ1v) is 13.4. The molecule has 3 atom stereocenters. The zero-order chi connectivity index (χ0) is 27.4. The van der Waals surface area contributed by atoms with Gasteiger partial charge < -0.3 is 30.7 Å². The summed E-state index contributed by atoms with van der Waals surface area (Å²) in [6.07, 6.45) is 0.903. The highest BCUT2D eigenvalue weighted by molar-refractivity contribution is 6.01. The van der Waals surface area contributed by atoms with E-state index in [0.29, 0.717) is 24.9 Å². The zero-order valence-corrected chi connectivity index (χ0v) is 22.4. The molecule has 0 radical (unpaired) electrons. The number of carbonyl (C=O) groups is 5. The van der Waals surface area contributed by atoms with Crippen LogP contribution in [-0.4, -0.2) is 103 Å². The summed E-state index contributed by atoms with van der Waals surface area (Å²) >= 11 is 0. The molecule has 3 unspecified atom stereocenters. The van der Waals surface area contributed by atoms with Crippen molar-refractivity contribution in [3.05, 3.63) is 29.8 Å². The van der Waals surface area contributed by atoms with E-state index in [1.165, 1.54) is 16.7 Å². The summed E-state index contributed by atoms with van der Waals surface area (Å²) in [5.41, 5.74) is 1.52. The van der Waals surface area contributed by atoms with Crippen LogP contribution in [0, 0.1) is 5.92 Å². The molecule has 0 aromatic heterocycles. The number of hydrogen-bond donors (Lipinski definition) is 3. The number of fused-ring (bicyclic) bond motifs is 1. The highest BCUT2D eigenvalue weighted by Crippen LogP contribution is 2.31. The van der Waals surface area contributed by atoms with Gasteiger partial charge in [0.25, 0.3) is 5.91 Å². The van der Waals surface area contributed by atoms with Gasteiger partial charge in [0.2, 0.25) is 17.7 Å². The van der Waals surface area contributed by atoms with E-state index in [9.17, 15) is 24.0 Å². The van der Waals surface area contributed by atoms with E-state index >= 15 is 0 Å². The molecular weight excluding hydrogens is 488 g/mol. The fraction of sp³-hybridized carbons (Fsp3) is 0.593. The summed E-state index contributed by atoms with van der Waals surface area (Å²) in [6, 6.07) is 5.46. The van der Waals surface area contributed by atoms with Crippen molar-refractivity contribution in [2.75, 3.05) is 50.7 Å². The van der Waals surface area contributed by atoms with Crippen LogP contribution in [0.25, 0.3) is 0 Å². The number of amides is 4. The average molecular weight is 527 g/mol. The number of benzene rings is 1. The Labute approximate surface area is 223 Å². The lowest BCUT2D eigenvalue weighted by Crippen LogP contribution is -2.53. The minimum atomic E-state index is -0.786. The van der Waals surface area contributed by atoms with E-state index < -0.39 is 18.1 Å². The fourth-order valence-electron chi connectivity index (χ4n) is 5.57. The number of nitrogens with zero attached hydrogens (tertiary/aromatic N) is 3. The Hall–Kier alpha value is -3.47. The van der Waals surface area contributed by atoms with Gasteiger partial charge in [-0.15, -0.1) is 0 Å². The van der Waals surface area contributed by atoms with Crippen molar-refractivity contribution in [1.29, 1.82) is 0 Å². The number of nitrogens with one attached hydrogen (secondary N) is 3. The Balaban J connectivity index is 1.43. The standard InChI is InChI=1S/C27H38N6O5/c1-17(2)14-21(30-26(37)19-4-6-20(7-5-19)31-12-9-28-10-13-31)27(38)32-11-8-22-25(32)23(35)16-33(22)24(36)15-29-18(3)34/h4-7,17,21-22,25,28H,8-16H2,1-3H3,(H,29,34)(H,30,37). The molecule has 38 heavy (non-hydrogen) atoms.